The van der Waals surface area contributed by atoms with E-state index in [0.717, 1.165) is 25.1 Å². The highest BCUT2D eigenvalue weighted by Gasteiger charge is 2.28. The fourth-order valence-electron chi connectivity index (χ4n) is 3.11. The molecule has 0 unspecified atom stereocenters. The van der Waals surface area contributed by atoms with Crippen LogP contribution < -0.4 is 5.32 Å². The van der Waals surface area contributed by atoms with Crippen LogP contribution in [0.1, 0.15) is 52.3 Å². The van der Waals surface area contributed by atoms with Gasteiger partial charge in [-0.1, -0.05) is 33.6 Å². The third kappa shape index (κ3) is 3.93. The van der Waals surface area contributed by atoms with E-state index in [2.05, 4.69) is 36.3 Å². The highest BCUT2D eigenvalue weighted by Crippen LogP contribution is 2.29. The van der Waals surface area contributed by atoms with Gasteiger partial charge in [0.2, 0.25) is 5.91 Å². The number of H-pyrrole nitrogens is 1. The van der Waals surface area contributed by atoms with E-state index in [1.165, 1.54) is 12.8 Å². The number of rotatable bonds is 5. The molecule has 2 rings (SSSR count). The van der Waals surface area contributed by atoms with Crippen LogP contribution in [-0.2, 0) is 17.8 Å². The second-order valence-electron chi connectivity index (χ2n) is 6.22. The summed E-state index contributed by atoms with van der Waals surface area (Å²) in [7, 11) is 0. The van der Waals surface area contributed by atoms with Crippen molar-refractivity contribution in [3.05, 3.63) is 10.6 Å². The van der Waals surface area contributed by atoms with Gasteiger partial charge < -0.3 is 5.32 Å². The fraction of sp³-hybridized carbons (Fsp3) is 0.800. The van der Waals surface area contributed by atoms with Crippen LogP contribution in [0, 0.1) is 16.6 Å². The number of hydrogen-bond donors (Lipinski definition) is 2. The maximum Gasteiger partial charge on any atom is 0.240 e. The van der Waals surface area contributed by atoms with Gasteiger partial charge in [-0.3, -0.25) is 14.5 Å². The number of carbonyl (C=O) groups is 1. The lowest BCUT2D eigenvalue weighted by Crippen LogP contribution is -2.44. The van der Waals surface area contributed by atoms with E-state index in [-0.39, 0.29) is 18.5 Å². The number of hydrogen-bond acceptors (Lipinski definition) is 3. The molecule has 0 aliphatic heterocycles. The van der Waals surface area contributed by atoms with E-state index in [9.17, 15) is 4.79 Å². The Hall–Kier alpha value is -1.17. The molecule has 21 heavy (non-hydrogen) atoms. The van der Waals surface area contributed by atoms with Crippen molar-refractivity contribution >= 4 is 18.1 Å². The summed E-state index contributed by atoms with van der Waals surface area (Å²) in [6, 6.07) is 0.289. The maximum atomic E-state index is 12.3. The van der Waals surface area contributed by atoms with E-state index >= 15 is 0 Å². The highest BCUT2D eigenvalue weighted by molar-refractivity contribution is 7.71. The summed E-state index contributed by atoms with van der Waals surface area (Å²) in [5, 5.41) is 10.2. The first kappa shape index (κ1) is 16.2. The fourth-order valence-corrected chi connectivity index (χ4v) is 3.33. The molecular weight excluding hydrogens is 284 g/mol. The van der Waals surface area contributed by atoms with Crippen molar-refractivity contribution in [2.75, 3.05) is 0 Å². The van der Waals surface area contributed by atoms with Crippen molar-refractivity contribution in [3.63, 3.8) is 0 Å². The van der Waals surface area contributed by atoms with Crippen LogP contribution in [0.15, 0.2) is 0 Å². The number of aryl methyl sites for hydroxylation is 1. The predicted molar refractivity (Wildman–Crippen MR) is 85.5 cm³/mol. The standard InChI is InChI=1S/C15H26N4OS/c1-4-6-13-17-18-15(21)19(13)9-14(20)16-12-8-5-7-10(2)11(12)3/h10-12H,4-9H2,1-3H3,(H,16,20)(H,18,21)/t10-,11-,12-/m1/s1. The minimum Gasteiger partial charge on any atom is -0.352 e. The summed E-state index contributed by atoms with van der Waals surface area (Å²) in [5.41, 5.74) is 0. The van der Waals surface area contributed by atoms with Gasteiger partial charge in [0.15, 0.2) is 4.77 Å². The van der Waals surface area contributed by atoms with Crippen LogP contribution in [0.3, 0.4) is 0 Å². The molecule has 1 aromatic heterocycles. The minimum atomic E-state index is 0.0378. The SMILES string of the molecule is CCCc1n[nH]c(=S)n1CC(=O)N[C@@H]1CCC[C@@H](C)[C@H]1C. The quantitative estimate of drug-likeness (QED) is 0.822. The van der Waals surface area contributed by atoms with Crippen molar-refractivity contribution in [1.82, 2.24) is 20.1 Å². The van der Waals surface area contributed by atoms with Crippen molar-refractivity contribution < 1.29 is 4.79 Å². The van der Waals surface area contributed by atoms with Gasteiger partial charge in [0.05, 0.1) is 0 Å². The first-order chi connectivity index (χ1) is 10.0. The molecule has 1 aromatic rings. The molecule has 118 valence electrons. The van der Waals surface area contributed by atoms with Gasteiger partial charge in [-0.25, -0.2) is 0 Å². The summed E-state index contributed by atoms with van der Waals surface area (Å²) in [6.07, 6.45) is 5.36. The smallest absolute Gasteiger partial charge is 0.240 e. The van der Waals surface area contributed by atoms with Crippen LogP contribution in [-0.4, -0.2) is 26.7 Å². The normalized spacial score (nSPS) is 25.8. The average Bonchev–Trinajstić information content (AvgIpc) is 2.77. The molecular formula is C15H26N4OS. The summed E-state index contributed by atoms with van der Waals surface area (Å²) in [6.45, 7) is 6.87. The lowest BCUT2D eigenvalue weighted by molar-refractivity contribution is -0.123. The molecule has 1 fully saturated rings. The van der Waals surface area contributed by atoms with Crippen LogP contribution >= 0.6 is 12.2 Å². The number of nitrogens with one attached hydrogen (secondary N) is 2. The number of nitrogens with zero attached hydrogens (tertiary/aromatic N) is 2. The van der Waals surface area contributed by atoms with E-state index in [1.807, 2.05) is 4.57 Å². The molecule has 0 saturated heterocycles. The number of aromatic amines is 1. The molecule has 1 heterocycles. The molecule has 0 bridgehead atoms. The lowest BCUT2D eigenvalue weighted by atomic mass is 9.78. The summed E-state index contributed by atoms with van der Waals surface area (Å²) >= 11 is 5.22. The number of aromatic nitrogens is 3. The van der Waals surface area contributed by atoms with Crippen LogP contribution in [0.4, 0.5) is 0 Å². The minimum absolute atomic E-state index is 0.0378. The van der Waals surface area contributed by atoms with E-state index in [1.54, 1.807) is 0 Å². The summed E-state index contributed by atoms with van der Waals surface area (Å²) in [4.78, 5) is 12.3. The Kier molecular flexibility index (Phi) is 5.56. The second-order valence-corrected chi connectivity index (χ2v) is 6.61. The average molecular weight is 310 g/mol. The largest absolute Gasteiger partial charge is 0.352 e. The van der Waals surface area contributed by atoms with E-state index < -0.39 is 0 Å². The van der Waals surface area contributed by atoms with Gasteiger partial charge in [0.25, 0.3) is 0 Å². The third-order valence-electron chi connectivity index (χ3n) is 4.67. The van der Waals surface area contributed by atoms with Gasteiger partial charge in [0.1, 0.15) is 12.4 Å². The molecule has 0 radical (unpaired) electrons. The highest BCUT2D eigenvalue weighted by atomic mass is 32.1. The Balaban J connectivity index is 1.98. The molecule has 0 spiro atoms. The Bertz CT molecular complexity index is 536. The van der Waals surface area contributed by atoms with Gasteiger partial charge >= 0.3 is 0 Å². The molecule has 1 amide bonds. The van der Waals surface area contributed by atoms with Crippen molar-refractivity contribution in [3.8, 4) is 0 Å². The molecule has 6 heteroatoms. The maximum absolute atomic E-state index is 12.3. The van der Waals surface area contributed by atoms with E-state index in [4.69, 9.17) is 12.2 Å². The third-order valence-corrected chi connectivity index (χ3v) is 4.98. The zero-order chi connectivity index (χ0) is 15.4. The predicted octanol–water partition coefficient (Wildman–Crippen LogP) is 2.83. The molecule has 1 aliphatic carbocycles. The molecule has 2 N–H and O–H groups in total. The first-order valence-corrected chi connectivity index (χ1v) is 8.37. The van der Waals surface area contributed by atoms with Crippen LogP contribution in [0.25, 0.3) is 0 Å². The monoisotopic (exact) mass is 310 g/mol. The molecule has 3 atom stereocenters. The molecule has 5 nitrogen and oxygen atoms in total. The van der Waals surface area contributed by atoms with E-state index in [0.29, 0.717) is 16.6 Å². The molecule has 1 aliphatic rings. The Morgan fingerprint density at radius 2 is 2.24 bits per heavy atom. The van der Waals surface area contributed by atoms with Gasteiger partial charge in [-0.2, -0.15) is 5.10 Å². The van der Waals surface area contributed by atoms with Gasteiger partial charge in [-0.05, 0) is 36.9 Å². The van der Waals surface area contributed by atoms with Gasteiger partial charge in [-0.15, -0.1) is 0 Å². The molecule has 0 aromatic carbocycles. The lowest BCUT2D eigenvalue weighted by Gasteiger charge is -2.34. The Morgan fingerprint density at radius 3 is 2.95 bits per heavy atom. The Labute approximate surface area is 131 Å². The van der Waals surface area contributed by atoms with Crippen LogP contribution in [0.2, 0.25) is 0 Å². The van der Waals surface area contributed by atoms with Crippen molar-refractivity contribution in [2.45, 2.75) is 65.5 Å². The van der Waals surface area contributed by atoms with Gasteiger partial charge in [0, 0.05) is 12.5 Å². The number of amides is 1. The van der Waals surface area contributed by atoms with Crippen molar-refractivity contribution in [1.29, 1.82) is 0 Å². The second kappa shape index (κ2) is 7.20. The van der Waals surface area contributed by atoms with Crippen LogP contribution in [0.5, 0.6) is 0 Å². The Morgan fingerprint density at radius 1 is 1.48 bits per heavy atom. The zero-order valence-corrected chi connectivity index (χ0v) is 14.0. The summed E-state index contributed by atoms with van der Waals surface area (Å²) in [5.74, 6) is 2.12. The molecule has 1 saturated carbocycles. The number of carbonyl (C=O) groups excluding carboxylic acids is 1. The van der Waals surface area contributed by atoms with Crippen molar-refractivity contribution in [2.24, 2.45) is 11.8 Å². The zero-order valence-electron chi connectivity index (χ0n) is 13.2. The summed E-state index contributed by atoms with van der Waals surface area (Å²) < 4.78 is 2.34. The topological polar surface area (TPSA) is 62.7 Å². The first-order valence-electron chi connectivity index (χ1n) is 7.96.